The summed E-state index contributed by atoms with van der Waals surface area (Å²) in [6.45, 7) is 0. The van der Waals surface area contributed by atoms with Gasteiger partial charge in [0.25, 0.3) is 0 Å². The summed E-state index contributed by atoms with van der Waals surface area (Å²) >= 11 is 0. The smallest absolute Gasteiger partial charge is 0.178 e. The van der Waals surface area contributed by atoms with Crippen molar-refractivity contribution in [1.29, 1.82) is 0 Å². The molecule has 1 heterocycles. The van der Waals surface area contributed by atoms with E-state index in [0.717, 1.165) is 11.1 Å². The van der Waals surface area contributed by atoms with E-state index in [0.29, 0.717) is 0 Å². The molecule has 0 unspecified atom stereocenters. The lowest BCUT2D eigenvalue weighted by molar-refractivity contribution is 0.105. The van der Waals surface area contributed by atoms with Crippen molar-refractivity contribution in [3.05, 3.63) is 121 Å². The van der Waals surface area contributed by atoms with Crippen molar-refractivity contribution in [2.24, 2.45) is 0 Å². The van der Waals surface area contributed by atoms with Gasteiger partial charge in [0.1, 0.15) is 0 Å². The van der Waals surface area contributed by atoms with Gasteiger partial charge in [-0.25, -0.2) is 0 Å². The Morgan fingerprint density at radius 3 is 1.62 bits per heavy atom. The first-order valence-electron chi connectivity index (χ1n) is 8.87. The summed E-state index contributed by atoms with van der Waals surface area (Å²) in [7, 11) is 0. The molecule has 5 rings (SSSR count). The normalized spacial score (nSPS) is 15.2. The van der Waals surface area contributed by atoms with Crippen LogP contribution in [0.2, 0.25) is 0 Å². The summed E-state index contributed by atoms with van der Waals surface area (Å²) in [5.74, 6) is 0. The van der Waals surface area contributed by atoms with Crippen LogP contribution in [0.3, 0.4) is 0 Å². The van der Waals surface area contributed by atoms with Crippen LogP contribution in [0.25, 0.3) is 21.5 Å². The van der Waals surface area contributed by atoms with E-state index in [-0.39, 0.29) is 0 Å². The van der Waals surface area contributed by atoms with Gasteiger partial charge in [-0.05, 0) is 33.7 Å². The SMILES string of the molecule is C1=COC(c2cccc3ccccc23)(c2cccc3ccccc23)C=C1. The minimum Gasteiger partial charge on any atom is -0.481 e. The highest BCUT2D eigenvalue weighted by Gasteiger charge is 2.36. The molecule has 0 saturated carbocycles. The Morgan fingerprint density at radius 2 is 1.08 bits per heavy atom. The van der Waals surface area contributed by atoms with Crippen LogP contribution >= 0.6 is 0 Å². The van der Waals surface area contributed by atoms with Crippen molar-refractivity contribution >= 4 is 21.5 Å². The van der Waals surface area contributed by atoms with Crippen LogP contribution in [-0.2, 0) is 10.3 Å². The van der Waals surface area contributed by atoms with Gasteiger partial charge < -0.3 is 4.74 Å². The van der Waals surface area contributed by atoms with Gasteiger partial charge in [-0.15, -0.1) is 0 Å². The fourth-order valence-electron chi connectivity index (χ4n) is 3.97. The van der Waals surface area contributed by atoms with E-state index in [4.69, 9.17) is 4.74 Å². The molecule has 1 aliphatic heterocycles. The molecular weight excluding hydrogens is 316 g/mol. The zero-order valence-corrected chi connectivity index (χ0v) is 14.3. The first-order chi connectivity index (χ1) is 12.9. The summed E-state index contributed by atoms with van der Waals surface area (Å²) in [5.41, 5.74) is 1.68. The number of fused-ring (bicyclic) bond motifs is 2. The lowest BCUT2D eigenvalue weighted by atomic mass is 9.80. The fraction of sp³-hybridized carbons (Fsp3) is 0.0400. The highest BCUT2D eigenvalue weighted by atomic mass is 16.5. The standard InChI is InChI=1S/C25H18O/c1-3-13-21-19(9-1)11-7-15-23(21)25(17-5-6-18-26-25)24-16-8-12-20-10-2-4-14-22(20)24/h1-18H. The van der Waals surface area contributed by atoms with Gasteiger partial charge in [0.2, 0.25) is 0 Å². The number of rotatable bonds is 2. The van der Waals surface area contributed by atoms with Crippen LogP contribution in [0.15, 0.2) is 109 Å². The van der Waals surface area contributed by atoms with E-state index in [1.807, 2.05) is 6.08 Å². The Hall–Kier alpha value is -3.32. The largest absolute Gasteiger partial charge is 0.481 e. The molecule has 124 valence electrons. The number of allylic oxidation sites excluding steroid dienone is 2. The summed E-state index contributed by atoms with van der Waals surface area (Å²) in [4.78, 5) is 0. The monoisotopic (exact) mass is 334 g/mol. The van der Waals surface area contributed by atoms with Gasteiger partial charge in [-0.2, -0.15) is 0 Å². The van der Waals surface area contributed by atoms with Gasteiger partial charge in [-0.1, -0.05) is 91.0 Å². The van der Waals surface area contributed by atoms with Crippen molar-refractivity contribution < 1.29 is 4.74 Å². The Kier molecular flexibility index (Phi) is 3.39. The van der Waals surface area contributed by atoms with Crippen LogP contribution in [0.5, 0.6) is 0 Å². The third-order valence-corrected chi connectivity index (χ3v) is 5.15. The summed E-state index contributed by atoms with van der Waals surface area (Å²) in [6.07, 6.45) is 7.97. The maximum absolute atomic E-state index is 6.39. The van der Waals surface area contributed by atoms with Crippen LogP contribution in [-0.4, -0.2) is 0 Å². The van der Waals surface area contributed by atoms with Crippen molar-refractivity contribution in [3.63, 3.8) is 0 Å². The third-order valence-electron chi connectivity index (χ3n) is 5.15. The van der Waals surface area contributed by atoms with Crippen LogP contribution < -0.4 is 0 Å². The molecule has 4 aromatic rings. The Bertz CT molecular complexity index is 1080. The molecule has 0 spiro atoms. The molecular formula is C25H18O. The Morgan fingerprint density at radius 1 is 0.538 bits per heavy atom. The molecule has 1 aliphatic rings. The minimum absolute atomic E-state index is 0.642. The molecule has 0 aliphatic carbocycles. The maximum Gasteiger partial charge on any atom is 0.178 e. The van der Waals surface area contributed by atoms with Crippen molar-refractivity contribution in [2.75, 3.05) is 0 Å². The zero-order chi connectivity index (χ0) is 17.4. The molecule has 0 saturated heterocycles. The van der Waals surface area contributed by atoms with E-state index in [1.165, 1.54) is 21.5 Å². The number of ether oxygens (including phenoxy) is 1. The van der Waals surface area contributed by atoms with Crippen molar-refractivity contribution in [2.45, 2.75) is 5.60 Å². The predicted octanol–water partition coefficient (Wildman–Crippen LogP) is 6.34. The summed E-state index contributed by atoms with van der Waals surface area (Å²) in [6, 6.07) is 29.9. The molecule has 0 N–H and O–H groups in total. The van der Waals surface area contributed by atoms with Gasteiger partial charge >= 0.3 is 0 Å². The summed E-state index contributed by atoms with van der Waals surface area (Å²) in [5, 5.41) is 4.86. The van der Waals surface area contributed by atoms with E-state index >= 15 is 0 Å². The molecule has 0 radical (unpaired) electrons. The third kappa shape index (κ3) is 2.18. The average Bonchev–Trinajstić information content (AvgIpc) is 2.73. The first-order valence-corrected chi connectivity index (χ1v) is 8.87. The molecule has 0 fully saturated rings. The average molecular weight is 334 g/mol. The molecule has 1 nitrogen and oxygen atoms in total. The van der Waals surface area contributed by atoms with Gasteiger partial charge in [0, 0.05) is 11.1 Å². The zero-order valence-electron chi connectivity index (χ0n) is 14.3. The molecule has 0 amide bonds. The topological polar surface area (TPSA) is 9.23 Å². The highest BCUT2D eigenvalue weighted by molar-refractivity contribution is 5.91. The minimum atomic E-state index is -0.642. The number of benzene rings is 4. The molecule has 26 heavy (non-hydrogen) atoms. The Labute approximate surface area is 152 Å². The van der Waals surface area contributed by atoms with Crippen LogP contribution in [0, 0.1) is 0 Å². The number of hydrogen-bond acceptors (Lipinski definition) is 1. The quantitative estimate of drug-likeness (QED) is 0.416. The van der Waals surface area contributed by atoms with Crippen LogP contribution in [0.1, 0.15) is 11.1 Å². The second-order valence-electron chi connectivity index (χ2n) is 6.59. The van der Waals surface area contributed by atoms with Crippen molar-refractivity contribution in [3.8, 4) is 0 Å². The second kappa shape index (κ2) is 5.89. The number of hydrogen-bond donors (Lipinski definition) is 0. The summed E-state index contributed by atoms with van der Waals surface area (Å²) < 4.78 is 6.39. The maximum atomic E-state index is 6.39. The molecule has 0 atom stereocenters. The molecule has 4 aromatic carbocycles. The lowest BCUT2D eigenvalue weighted by Gasteiger charge is -2.34. The predicted molar refractivity (Wildman–Crippen MR) is 108 cm³/mol. The fourth-order valence-corrected chi connectivity index (χ4v) is 3.97. The second-order valence-corrected chi connectivity index (χ2v) is 6.59. The molecule has 0 aromatic heterocycles. The van der Waals surface area contributed by atoms with Crippen LogP contribution in [0.4, 0.5) is 0 Å². The van der Waals surface area contributed by atoms with E-state index in [2.05, 4.69) is 97.1 Å². The highest BCUT2D eigenvalue weighted by Crippen LogP contribution is 2.43. The van der Waals surface area contributed by atoms with Gasteiger partial charge in [-0.3, -0.25) is 0 Å². The van der Waals surface area contributed by atoms with Gasteiger partial charge in [0.05, 0.1) is 6.26 Å². The van der Waals surface area contributed by atoms with Gasteiger partial charge in [0.15, 0.2) is 5.60 Å². The van der Waals surface area contributed by atoms with E-state index in [1.54, 1.807) is 6.26 Å². The van der Waals surface area contributed by atoms with E-state index in [9.17, 15) is 0 Å². The van der Waals surface area contributed by atoms with Crippen molar-refractivity contribution in [1.82, 2.24) is 0 Å². The van der Waals surface area contributed by atoms with E-state index < -0.39 is 5.60 Å². The molecule has 0 bridgehead atoms. The molecule has 1 heteroatoms. The lowest BCUT2D eigenvalue weighted by Crippen LogP contribution is -2.29. The first kappa shape index (κ1) is 15.0. The Balaban J connectivity index is 1.88.